The van der Waals surface area contributed by atoms with Crippen LogP contribution in [0.5, 0.6) is 0 Å². The summed E-state index contributed by atoms with van der Waals surface area (Å²) in [5.74, 6) is 0. The van der Waals surface area contributed by atoms with Crippen molar-refractivity contribution in [3.05, 3.63) is 22.4 Å². The molecule has 2 unspecified atom stereocenters. The Morgan fingerprint density at radius 3 is 2.85 bits per heavy atom. The Labute approximate surface area is 83.6 Å². The zero-order valence-electron chi connectivity index (χ0n) is 8.16. The summed E-state index contributed by atoms with van der Waals surface area (Å²) in [6.07, 6.45) is 0.779. The number of hydrogen-bond acceptors (Lipinski definition) is 3. The van der Waals surface area contributed by atoms with E-state index in [0.717, 1.165) is 6.42 Å². The number of rotatable bonds is 5. The van der Waals surface area contributed by atoms with E-state index in [1.54, 1.807) is 18.3 Å². The highest BCUT2D eigenvalue weighted by molar-refractivity contribution is 7.07. The van der Waals surface area contributed by atoms with Gasteiger partial charge in [-0.3, -0.25) is 0 Å². The largest absolute Gasteiger partial charge is 0.392 e. The summed E-state index contributed by atoms with van der Waals surface area (Å²) >= 11 is 1.73. The topological polar surface area (TPSA) is 32.3 Å². The molecule has 0 amide bonds. The Kier molecular flexibility index (Phi) is 4.42. The zero-order valence-corrected chi connectivity index (χ0v) is 8.97. The van der Waals surface area contributed by atoms with Gasteiger partial charge in [-0.2, -0.15) is 11.3 Å². The average molecular weight is 199 g/mol. The molecule has 74 valence electrons. The van der Waals surface area contributed by atoms with Crippen LogP contribution in [-0.2, 0) is 6.42 Å². The van der Waals surface area contributed by atoms with Gasteiger partial charge in [0.25, 0.3) is 0 Å². The van der Waals surface area contributed by atoms with Crippen molar-refractivity contribution in [2.24, 2.45) is 0 Å². The van der Waals surface area contributed by atoms with E-state index in [9.17, 15) is 0 Å². The predicted molar refractivity (Wildman–Crippen MR) is 57.2 cm³/mol. The minimum Gasteiger partial charge on any atom is -0.392 e. The molecule has 2 nitrogen and oxygen atoms in total. The SMILES string of the molecule is CC(O)CNC(C)Cc1ccsc1. The summed E-state index contributed by atoms with van der Waals surface area (Å²) in [6, 6.07) is 2.58. The molecular formula is C10H17NOS. The van der Waals surface area contributed by atoms with Gasteiger partial charge < -0.3 is 10.4 Å². The van der Waals surface area contributed by atoms with Crippen LogP contribution in [0.2, 0.25) is 0 Å². The monoisotopic (exact) mass is 199 g/mol. The molecule has 1 aromatic heterocycles. The van der Waals surface area contributed by atoms with E-state index in [1.807, 2.05) is 0 Å². The minimum atomic E-state index is -0.259. The van der Waals surface area contributed by atoms with E-state index in [1.165, 1.54) is 5.56 Å². The van der Waals surface area contributed by atoms with Crippen molar-refractivity contribution in [1.29, 1.82) is 0 Å². The molecule has 0 aliphatic carbocycles. The fraction of sp³-hybridized carbons (Fsp3) is 0.600. The van der Waals surface area contributed by atoms with Crippen LogP contribution in [0.3, 0.4) is 0 Å². The standard InChI is InChI=1S/C10H17NOS/c1-8(11-6-9(2)12)5-10-3-4-13-7-10/h3-4,7-9,11-12H,5-6H2,1-2H3. The van der Waals surface area contributed by atoms with Crippen LogP contribution in [0.1, 0.15) is 19.4 Å². The number of aliphatic hydroxyl groups is 1. The summed E-state index contributed by atoms with van der Waals surface area (Å²) in [5, 5.41) is 16.6. The Morgan fingerprint density at radius 1 is 1.54 bits per heavy atom. The fourth-order valence-electron chi connectivity index (χ4n) is 1.21. The van der Waals surface area contributed by atoms with E-state index in [0.29, 0.717) is 12.6 Å². The lowest BCUT2D eigenvalue weighted by Crippen LogP contribution is -2.33. The van der Waals surface area contributed by atoms with Crippen LogP contribution in [0, 0.1) is 0 Å². The Morgan fingerprint density at radius 2 is 2.31 bits per heavy atom. The lowest BCUT2D eigenvalue weighted by atomic mass is 10.1. The van der Waals surface area contributed by atoms with Crippen molar-refractivity contribution in [2.75, 3.05) is 6.54 Å². The molecule has 0 aromatic carbocycles. The van der Waals surface area contributed by atoms with Gasteiger partial charge in [-0.25, -0.2) is 0 Å². The van der Waals surface area contributed by atoms with E-state index < -0.39 is 0 Å². The molecule has 3 heteroatoms. The lowest BCUT2D eigenvalue weighted by molar-refractivity contribution is 0.187. The van der Waals surface area contributed by atoms with E-state index in [-0.39, 0.29) is 6.10 Å². The number of thiophene rings is 1. The molecule has 2 N–H and O–H groups in total. The Bertz CT molecular complexity index is 221. The molecule has 0 aliphatic rings. The van der Waals surface area contributed by atoms with E-state index >= 15 is 0 Å². The molecule has 0 saturated carbocycles. The summed E-state index contributed by atoms with van der Waals surface area (Å²) in [6.45, 7) is 4.61. The molecule has 1 rings (SSSR count). The Hall–Kier alpha value is -0.380. The smallest absolute Gasteiger partial charge is 0.0636 e. The van der Waals surface area contributed by atoms with Crippen molar-refractivity contribution in [3.63, 3.8) is 0 Å². The summed E-state index contributed by atoms with van der Waals surface area (Å²) in [7, 11) is 0. The van der Waals surface area contributed by atoms with Crippen LogP contribution >= 0.6 is 11.3 Å². The average Bonchev–Trinajstić information content (AvgIpc) is 2.53. The predicted octanol–water partition coefficient (Wildman–Crippen LogP) is 1.65. The van der Waals surface area contributed by atoms with Gasteiger partial charge in [0.15, 0.2) is 0 Å². The van der Waals surface area contributed by atoms with Crippen molar-refractivity contribution in [3.8, 4) is 0 Å². The second kappa shape index (κ2) is 5.37. The van der Waals surface area contributed by atoms with Crippen molar-refractivity contribution >= 4 is 11.3 Å². The van der Waals surface area contributed by atoms with Gasteiger partial charge in [0.2, 0.25) is 0 Å². The molecule has 0 fully saturated rings. The highest BCUT2D eigenvalue weighted by Gasteiger charge is 2.04. The van der Waals surface area contributed by atoms with Gasteiger partial charge in [-0.1, -0.05) is 0 Å². The molecule has 1 heterocycles. The second-order valence-corrected chi connectivity index (χ2v) is 4.27. The summed E-state index contributed by atoms with van der Waals surface area (Å²) < 4.78 is 0. The van der Waals surface area contributed by atoms with Crippen molar-refractivity contribution in [2.45, 2.75) is 32.4 Å². The lowest BCUT2D eigenvalue weighted by Gasteiger charge is -2.14. The van der Waals surface area contributed by atoms with Gasteiger partial charge in [-0.15, -0.1) is 0 Å². The second-order valence-electron chi connectivity index (χ2n) is 3.49. The number of hydrogen-bond donors (Lipinski definition) is 2. The van der Waals surface area contributed by atoms with Crippen LogP contribution in [-0.4, -0.2) is 23.8 Å². The van der Waals surface area contributed by atoms with Gasteiger partial charge >= 0.3 is 0 Å². The molecule has 13 heavy (non-hydrogen) atoms. The molecule has 0 aliphatic heterocycles. The van der Waals surface area contributed by atoms with Gasteiger partial charge in [0, 0.05) is 12.6 Å². The maximum Gasteiger partial charge on any atom is 0.0636 e. The first-order valence-corrected chi connectivity index (χ1v) is 5.55. The summed E-state index contributed by atoms with van der Waals surface area (Å²) in [4.78, 5) is 0. The number of nitrogens with one attached hydrogen (secondary N) is 1. The first-order chi connectivity index (χ1) is 6.18. The third kappa shape index (κ3) is 4.41. The normalized spacial score (nSPS) is 15.6. The highest BCUT2D eigenvalue weighted by atomic mass is 32.1. The van der Waals surface area contributed by atoms with E-state index in [2.05, 4.69) is 29.1 Å². The first kappa shape index (κ1) is 10.7. The van der Waals surface area contributed by atoms with Gasteiger partial charge in [0.05, 0.1) is 6.10 Å². The molecule has 0 radical (unpaired) electrons. The third-order valence-corrected chi connectivity index (χ3v) is 2.62. The molecular weight excluding hydrogens is 182 g/mol. The van der Waals surface area contributed by atoms with E-state index in [4.69, 9.17) is 5.11 Å². The molecule has 1 aromatic rings. The van der Waals surface area contributed by atoms with Crippen LogP contribution in [0.4, 0.5) is 0 Å². The van der Waals surface area contributed by atoms with Crippen LogP contribution < -0.4 is 5.32 Å². The third-order valence-electron chi connectivity index (χ3n) is 1.88. The molecule has 0 bridgehead atoms. The highest BCUT2D eigenvalue weighted by Crippen LogP contribution is 2.08. The molecule has 0 saturated heterocycles. The first-order valence-electron chi connectivity index (χ1n) is 4.61. The molecule has 2 atom stereocenters. The van der Waals surface area contributed by atoms with Gasteiger partial charge in [0.1, 0.15) is 0 Å². The minimum absolute atomic E-state index is 0.259. The molecule has 0 spiro atoms. The maximum absolute atomic E-state index is 9.07. The van der Waals surface area contributed by atoms with Crippen LogP contribution in [0.15, 0.2) is 16.8 Å². The van der Waals surface area contributed by atoms with Crippen LogP contribution in [0.25, 0.3) is 0 Å². The van der Waals surface area contributed by atoms with Crippen molar-refractivity contribution < 1.29 is 5.11 Å². The quantitative estimate of drug-likeness (QED) is 0.756. The maximum atomic E-state index is 9.07. The fourth-order valence-corrected chi connectivity index (χ4v) is 1.89. The zero-order chi connectivity index (χ0) is 9.68. The van der Waals surface area contributed by atoms with Gasteiger partial charge in [-0.05, 0) is 42.7 Å². The Balaban J connectivity index is 2.22. The van der Waals surface area contributed by atoms with Crippen molar-refractivity contribution in [1.82, 2.24) is 5.32 Å². The number of aliphatic hydroxyl groups excluding tert-OH is 1. The summed E-state index contributed by atoms with van der Waals surface area (Å²) in [5.41, 5.74) is 1.37.